The lowest BCUT2D eigenvalue weighted by Crippen LogP contribution is -2.36. The van der Waals surface area contributed by atoms with Crippen molar-refractivity contribution in [3.05, 3.63) is 83.4 Å². The highest BCUT2D eigenvalue weighted by atomic mass is 35.5. The predicted molar refractivity (Wildman–Crippen MR) is 104 cm³/mol. The molecule has 1 aliphatic rings. The standard InChI is InChI=1S/C22H26ClNO/c1-3-20-13-22(20,17(2)25)16-24(14-18-7-5-4-6-8-18)15-19-9-11-21(23)12-10-19/h3-12,17,20,25H,1,13-16H2,2H3. The fraction of sp³-hybridized carbons (Fsp3) is 0.364. The minimum absolute atomic E-state index is 0.0665. The third-order valence-electron chi connectivity index (χ3n) is 5.38. The van der Waals surface area contributed by atoms with Crippen molar-refractivity contribution >= 4 is 11.6 Å². The Kier molecular flexibility index (Phi) is 5.63. The Labute approximate surface area is 155 Å². The molecule has 0 spiro atoms. The first kappa shape index (κ1) is 18.2. The summed E-state index contributed by atoms with van der Waals surface area (Å²) < 4.78 is 0. The summed E-state index contributed by atoms with van der Waals surface area (Å²) in [6.07, 6.45) is 2.68. The Morgan fingerprint density at radius 2 is 1.76 bits per heavy atom. The van der Waals surface area contributed by atoms with E-state index in [4.69, 9.17) is 11.6 Å². The molecule has 1 saturated carbocycles. The van der Waals surface area contributed by atoms with Gasteiger partial charge in [0.25, 0.3) is 0 Å². The van der Waals surface area contributed by atoms with E-state index in [9.17, 15) is 5.11 Å². The maximum Gasteiger partial charge on any atom is 0.0586 e. The number of rotatable bonds is 8. The molecular formula is C22H26ClNO. The van der Waals surface area contributed by atoms with Gasteiger partial charge in [-0.2, -0.15) is 0 Å². The normalized spacial score (nSPS) is 23.4. The van der Waals surface area contributed by atoms with Gasteiger partial charge in [-0.15, -0.1) is 6.58 Å². The maximum atomic E-state index is 10.4. The van der Waals surface area contributed by atoms with Crippen molar-refractivity contribution in [2.45, 2.75) is 32.5 Å². The zero-order chi connectivity index (χ0) is 17.9. The Morgan fingerprint density at radius 1 is 1.16 bits per heavy atom. The van der Waals surface area contributed by atoms with E-state index in [1.165, 1.54) is 11.1 Å². The van der Waals surface area contributed by atoms with Crippen LogP contribution >= 0.6 is 11.6 Å². The largest absolute Gasteiger partial charge is 0.393 e. The number of benzene rings is 2. The number of hydrogen-bond acceptors (Lipinski definition) is 2. The second-order valence-corrected chi connectivity index (χ2v) is 7.65. The fourth-order valence-electron chi connectivity index (χ4n) is 3.74. The summed E-state index contributed by atoms with van der Waals surface area (Å²) in [6, 6.07) is 18.5. The Morgan fingerprint density at radius 3 is 2.28 bits per heavy atom. The van der Waals surface area contributed by atoms with Crippen molar-refractivity contribution in [2.24, 2.45) is 11.3 Å². The van der Waals surface area contributed by atoms with Gasteiger partial charge < -0.3 is 5.11 Å². The average Bonchev–Trinajstić information content (AvgIpc) is 3.32. The van der Waals surface area contributed by atoms with Crippen LogP contribution in [0.1, 0.15) is 24.5 Å². The number of hydrogen-bond donors (Lipinski definition) is 1. The molecule has 2 aromatic rings. The van der Waals surface area contributed by atoms with E-state index >= 15 is 0 Å². The molecule has 3 rings (SSSR count). The monoisotopic (exact) mass is 355 g/mol. The fourth-order valence-corrected chi connectivity index (χ4v) is 3.86. The van der Waals surface area contributed by atoms with Crippen LogP contribution in [0.25, 0.3) is 0 Å². The van der Waals surface area contributed by atoms with Gasteiger partial charge in [-0.1, -0.05) is 60.1 Å². The maximum absolute atomic E-state index is 10.4. The van der Waals surface area contributed by atoms with Crippen LogP contribution in [0, 0.1) is 11.3 Å². The van der Waals surface area contributed by atoms with Gasteiger partial charge in [0, 0.05) is 30.1 Å². The van der Waals surface area contributed by atoms with Gasteiger partial charge in [0.05, 0.1) is 6.10 Å². The minimum Gasteiger partial charge on any atom is -0.393 e. The van der Waals surface area contributed by atoms with Crippen LogP contribution in [-0.2, 0) is 13.1 Å². The smallest absolute Gasteiger partial charge is 0.0586 e. The van der Waals surface area contributed by atoms with Gasteiger partial charge in [0.1, 0.15) is 0 Å². The third-order valence-corrected chi connectivity index (χ3v) is 5.63. The van der Waals surface area contributed by atoms with Crippen molar-refractivity contribution in [2.75, 3.05) is 6.54 Å². The van der Waals surface area contributed by atoms with Crippen LogP contribution in [0.4, 0.5) is 0 Å². The van der Waals surface area contributed by atoms with E-state index in [0.717, 1.165) is 31.1 Å². The number of aliphatic hydroxyl groups excluding tert-OH is 1. The van der Waals surface area contributed by atoms with Gasteiger partial charge in [0.2, 0.25) is 0 Å². The molecule has 0 saturated heterocycles. The van der Waals surface area contributed by atoms with E-state index < -0.39 is 0 Å². The Hall–Kier alpha value is -1.61. The number of nitrogens with zero attached hydrogens (tertiary/aromatic N) is 1. The van der Waals surface area contributed by atoms with Crippen LogP contribution in [0.5, 0.6) is 0 Å². The molecule has 3 heteroatoms. The predicted octanol–water partition coefficient (Wildman–Crippen LogP) is 4.92. The van der Waals surface area contributed by atoms with Gasteiger partial charge >= 0.3 is 0 Å². The molecule has 3 atom stereocenters. The molecule has 2 aromatic carbocycles. The topological polar surface area (TPSA) is 23.5 Å². The Bertz CT molecular complexity index is 698. The van der Waals surface area contributed by atoms with E-state index in [1.54, 1.807) is 0 Å². The molecule has 0 amide bonds. The van der Waals surface area contributed by atoms with Crippen molar-refractivity contribution in [3.63, 3.8) is 0 Å². The quantitative estimate of drug-likeness (QED) is 0.680. The average molecular weight is 356 g/mol. The minimum atomic E-state index is -0.334. The summed E-state index contributed by atoms with van der Waals surface area (Å²) in [4.78, 5) is 2.43. The van der Waals surface area contributed by atoms with Crippen LogP contribution in [0.15, 0.2) is 67.3 Å². The summed E-state index contributed by atoms with van der Waals surface area (Å²) in [5, 5.41) is 11.1. The van der Waals surface area contributed by atoms with Crippen LogP contribution in [0.2, 0.25) is 5.02 Å². The zero-order valence-electron chi connectivity index (χ0n) is 14.7. The molecule has 1 fully saturated rings. The molecule has 1 N–H and O–H groups in total. The van der Waals surface area contributed by atoms with Crippen molar-refractivity contribution in [3.8, 4) is 0 Å². The summed E-state index contributed by atoms with van der Waals surface area (Å²) in [5.74, 6) is 0.399. The molecule has 132 valence electrons. The number of halogens is 1. The zero-order valence-corrected chi connectivity index (χ0v) is 15.5. The first-order chi connectivity index (χ1) is 12.0. The summed E-state index contributed by atoms with van der Waals surface area (Å²) in [6.45, 7) is 8.41. The second-order valence-electron chi connectivity index (χ2n) is 7.21. The third kappa shape index (κ3) is 4.33. The SMILES string of the molecule is C=CC1CC1(CN(Cc1ccccc1)Cc1ccc(Cl)cc1)C(C)O. The molecule has 0 aromatic heterocycles. The van der Waals surface area contributed by atoms with Gasteiger partial charge in [-0.05, 0) is 42.5 Å². The van der Waals surface area contributed by atoms with Crippen LogP contribution < -0.4 is 0 Å². The van der Waals surface area contributed by atoms with E-state index in [2.05, 4.69) is 47.9 Å². The van der Waals surface area contributed by atoms with Crippen molar-refractivity contribution in [1.82, 2.24) is 4.90 Å². The number of allylic oxidation sites excluding steroid dienone is 1. The first-order valence-electron chi connectivity index (χ1n) is 8.85. The van der Waals surface area contributed by atoms with Gasteiger partial charge in [-0.3, -0.25) is 4.90 Å². The molecule has 0 aliphatic heterocycles. The lowest BCUT2D eigenvalue weighted by atomic mass is 9.95. The van der Waals surface area contributed by atoms with Crippen molar-refractivity contribution < 1.29 is 5.11 Å². The molecule has 2 nitrogen and oxygen atoms in total. The van der Waals surface area contributed by atoms with E-state index in [1.807, 2.05) is 31.2 Å². The highest BCUT2D eigenvalue weighted by Gasteiger charge is 2.56. The highest BCUT2D eigenvalue weighted by Crippen LogP contribution is 2.56. The number of aliphatic hydroxyl groups is 1. The lowest BCUT2D eigenvalue weighted by Gasteiger charge is -2.30. The molecule has 0 bridgehead atoms. The summed E-state index contributed by atoms with van der Waals surface area (Å²) in [7, 11) is 0. The van der Waals surface area contributed by atoms with E-state index in [-0.39, 0.29) is 11.5 Å². The van der Waals surface area contributed by atoms with Gasteiger partial charge in [-0.25, -0.2) is 0 Å². The molecular weight excluding hydrogens is 330 g/mol. The molecule has 1 aliphatic carbocycles. The molecule has 25 heavy (non-hydrogen) atoms. The molecule has 0 heterocycles. The Balaban J connectivity index is 1.78. The molecule has 0 radical (unpaired) electrons. The van der Waals surface area contributed by atoms with Crippen LogP contribution in [0.3, 0.4) is 0 Å². The lowest BCUT2D eigenvalue weighted by molar-refractivity contribution is 0.0657. The highest BCUT2D eigenvalue weighted by molar-refractivity contribution is 6.30. The van der Waals surface area contributed by atoms with Crippen LogP contribution in [-0.4, -0.2) is 22.7 Å². The first-order valence-corrected chi connectivity index (χ1v) is 9.22. The molecule has 3 unspecified atom stereocenters. The van der Waals surface area contributed by atoms with E-state index in [0.29, 0.717) is 5.92 Å². The summed E-state index contributed by atoms with van der Waals surface area (Å²) >= 11 is 6.02. The van der Waals surface area contributed by atoms with Crippen molar-refractivity contribution in [1.29, 1.82) is 0 Å². The summed E-state index contributed by atoms with van der Waals surface area (Å²) in [5.41, 5.74) is 2.45. The second kappa shape index (κ2) is 7.74. The van der Waals surface area contributed by atoms with Gasteiger partial charge in [0.15, 0.2) is 0 Å².